The zero-order valence-electron chi connectivity index (χ0n) is 16.5. The van der Waals surface area contributed by atoms with E-state index in [1.807, 2.05) is 30.3 Å². The number of carbonyl (C=O) groups is 1. The van der Waals surface area contributed by atoms with Gasteiger partial charge in [-0.25, -0.2) is 4.99 Å². The normalized spacial score (nSPS) is 17.7. The van der Waals surface area contributed by atoms with Gasteiger partial charge in [-0.2, -0.15) is 0 Å². The Bertz CT molecular complexity index is 899. The van der Waals surface area contributed by atoms with E-state index in [2.05, 4.69) is 16.8 Å². The number of rotatable bonds is 6. The summed E-state index contributed by atoms with van der Waals surface area (Å²) in [6.45, 7) is 0.506. The van der Waals surface area contributed by atoms with Crippen molar-refractivity contribution in [2.24, 2.45) is 9.98 Å². The van der Waals surface area contributed by atoms with Crippen LogP contribution in [0.15, 0.2) is 51.8 Å². The summed E-state index contributed by atoms with van der Waals surface area (Å²) in [7, 11) is 1.64. The molecule has 5 nitrogen and oxygen atoms in total. The van der Waals surface area contributed by atoms with E-state index in [4.69, 9.17) is 14.7 Å². The lowest BCUT2D eigenvalue weighted by Crippen LogP contribution is -2.26. The summed E-state index contributed by atoms with van der Waals surface area (Å²) in [6, 6.07) is 11.8. The Kier molecular flexibility index (Phi) is 6.35. The number of carbonyl (C=O) groups excluding carboxylic acids is 1. The average molecular weight is 428 g/mol. The number of aliphatic imine (C=N–C) groups is 2. The van der Waals surface area contributed by atoms with E-state index in [-0.39, 0.29) is 11.6 Å². The van der Waals surface area contributed by atoms with Gasteiger partial charge in [0, 0.05) is 6.54 Å². The van der Waals surface area contributed by atoms with E-state index in [0.29, 0.717) is 12.3 Å². The van der Waals surface area contributed by atoms with Crippen LogP contribution in [0.4, 0.5) is 0 Å². The van der Waals surface area contributed by atoms with E-state index < -0.39 is 0 Å². The topological polar surface area (TPSA) is 63.0 Å². The van der Waals surface area contributed by atoms with E-state index >= 15 is 0 Å². The molecule has 1 amide bonds. The van der Waals surface area contributed by atoms with Gasteiger partial charge in [-0.3, -0.25) is 9.79 Å². The van der Waals surface area contributed by atoms with Gasteiger partial charge in [0.25, 0.3) is 0 Å². The standard InChI is InChI=1S/C22H25N3O2S2/c1-27-17-9-7-16(8-10-17)14-23-19(26)15-29-21-20(18-6-5-13-28-18)24-22(25-21)11-3-2-4-12-22/h5-10,13H,2-4,11-12,14-15H2,1H3,(H,23,26). The third kappa shape index (κ3) is 4.90. The van der Waals surface area contributed by atoms with E-state index in [1.54, 1.807) is 18.4 Å². The van der Waals surface area contributed by atoms with Gasteiger partial charge in [-0.1, -0.05) is 36.4 Å². The molecular formula is C22H25N3O2S2. The highest BCUT2D eigenvalue weighted by molar-refractivity contribution is 8.16. The molecule has 1 aromatic heterocycles. The molecular weight excluding hydrogens is 402 g/mol. The van der Waals surface area contributed by atoms with E-state index in [9.17, 15) is 4.79 Å². The third-order valence-corrected chi connectivity index (χ3v) is 7.07. The molecule has 4 rings (SSSR count). The maximum atomic E-state index is 12.4. The molecule has 1 N–H and O–H groups in total. The summed E-state index contributed by atoms with van der Waals surface area (Å²) < 4.78 is 5.16. The molecule has 1 aromatic carbocycles. The minimum Gasteiger partial charge on any atom is -0.497 e. The van der Waals surface area contributed by atoms with Crippen LogP contribution in [0.1, 0.15) is 42.5 Å². The zero-order valence-corrected chi connectivity index (χ0v) is 18.2. The van der Waals surface area contributed by atoms with Crippen LogP contribution in [0.25, 0.3) is 0 Å². The van der Waals surface area contributed by atoms with Crippen LogP contribution in [0.3, 0.4) is 0 Å². The molecule has 7 heteroatoms. The van der Waals surface area contributed by atoms with Crippen LogP contribution in [-0.4, -0.2) is 35.2 Å². The van der Waals surface area contributed by atoms with Crippen molar-refractivity contribution in [2.75, 3.05) is 12.9 Å². The number of nitrogens with zero attached hydrogens (tertiary/aromatic N) is 2. The first kappa shape index (κ1) is 20.2. The lowest BCUT2D eigenvalue weighted by atomic mass is 9.90. The lowest BCUT2D eigenvalue weighted by molar-refractivity contribution is -0.118. The predicted molar refractivity (Wildman–Crippen MR) is 121 cm³/mol. The Labute approximate surface area is 179 Å². The number of hydrogen-bond donors (Lipinski definition) is 1. The number of nitrogens with one attached hydrogen (secondary N) is 1. The molecule has 0 atom stereocenters. The number of methoxy groups -OCH3 is 1. The molecule has 1 aliphatic carbocycles. The van der Waals surface area contributed by atoms with Crippen molar-refractivity contribution in [2.45, 2.75) is 44.3 Å². The van der Waals surface area contributed by atoms with Gasteiger partial charge >= 0.3 is 0 Å². The highest BCUT2D eigenvalue weighted by atomic mass is 32.2. The molecule has 2 heterocycles. The Morgan fingerprint density at radius 3 is 2.66 bits per heavy atom. The Morgan fingerprint density at radius 2 is 1.97 bits per heavy atom. The lowest BCUT2D eigenvalue weighted by Gasteiger charge is -2.27. The summed E-state index contributed by atoms with van der Waals surface area (Å²) in [5.41, 5.74) is 1.72. The molecule has 0 unspecified atom stereocenters. The molecule has 1 aliphatic heterocycles. The van der Waals surface area contributed by atoms with E-state index in [1.165, 1.54) is 31.0 Å². The first-order valence-corrected chi connectivity index (χ1v) is 11.8. The molecule has 29 heavy (non-hydrogen) atoms. The summed E-state index contributed by atoms with van der Waals surface area (Å²) in [6.07, 6.45) is 5.62. The van der Waals surface area contributed by atoms with Gasteiger partial charge < -0.3 is 10.1 Å². The maximum absolute atomic E-state index is 12.4. The number of hydrogen-bond acceptors (Lipinski definition) is 6. The quantitative estimate of drug-likeness (QED) is 0.729. The number of thiophene rings is 1. The van der Waals surface area contributed by atoms with Crippen LogP contribution in [0.5, 0.6) is 5.75 Å². The second-order valence-corrected chi connectivity index (χ2v) is 9.22. The predicted octanol–water partition coefficient (Wildman–Crippen LogP) is 4.67. The number of thioether (sulfide) groups is 1. The van der Waals surface area contributed by atoms with Gasteiger partial charge in [0.1, 0.15) is 16.5 Å². The minimum absolute atomic E-state index is 0.00337. The first-order chi connectivity index (χ1) is 14.2. The van der Waals surface area contributed by atoms with Crippen molar-refractivity contribution in [1.29, 1.82) is 0 Å². The highest BCUT2D eigenvalue weighted by Crippen LogP contribution is 2.39. The van der Waals surface area contributed by atoms with Crippen LogP contribution in [0, 0.1) is 0 Å². The number of ether oxygens (including phenoxy) is 1. The minimum atomic E-state index is -0.292. The molecule has 152 valence electrons. The van der Waals surface area contributed by atoms with Crippen molar-refractivity contribution in [1.82, 2.24) is 5.32 Å². The molecule has 2 aliphatic rings. The van der Waals surface area contributed by atoms with E-state index in [0.717, 1.165) is 39.8 Å². The van der Waals surface area contributed by atoms with Gasteiger partial charge in [-0.15, -0.1) is 11.3 Å². The van der Waals surface area contributed by atoms with Gasteiger partial charge in [0.2, 0.25) is 5.91 Å². The fraction of sp³-hybridized carbons (Fsp3) is 0.409. The number of amides is 1. The molecule has 0 radical (unpaired) electrons. The summed E-state index contributed by atoms with van der Waals surface area (Å²) in [5.74, 6) is 1.16. The van der Waals surface area contributed by atoms with Crippen molar-refractivity contribution in [3.8, 4) is 5.75 Å². The van der Waals surface area contributed by atoms with Gasteiger partial charge in [0.15, 0.2) is 5.66 Å². The van der Waals surface area contributed by atoms with Crippen LogP contribution in [-0.2, 0) is 11.3 Å². The summed E-state index contributed by atoms with van der Waals surface area (Å²) in [4.78, 5) is 23.6. The summed E-state index contributed by atoms with van der Waals surface area (Å²) >= 11 is 3.18. The second kappa shape index (κ2) is 9.13. The monoisotopic (exact) mass is 427 g/mol. The SMILES string of the molecule is COc1ccc(CNC(=O)CSC2=NC3(CCCCC3)N=C2c2cccs2)cc1. The number of benzene rings is 1. The molecule has 1 fully saturated rings. The Balaban J connectivity index is 1.37. The summed E-state index contributed by atoms with van der Waals surface area (Å²) in [5, 5.41) is 5.96. The third-order valence-electron chi connectivity index (χ3n) is 5.23. The van der Waals surface area contributed by atoms with Crippen molar-refractivity contribution in [3.05, 3.63) is 52.2 Å². The van der Waals surface area contributed by atoms with Crippen molar-refractivity contribution >= 4 is 39.8 Å². The molecule has 0 saturated heterocycles. The first-order valence-electron chi connectivity index (χ1n) is 9.94. The van der Waals surface area contributed by atoms with Crippen LogP contribution >= 0.6 is 23.1 Å². The smallest absolute Gasteiger partial charge is 0.230 e. The molecule has 0 bridgehead atoms. The average Bonchev–Trinajstić information content (AvgIpc) is 3.40. The maximum Gasteiger partial charge on any atom is 0.230 e. The fourth-order valence-electron chi connectivity index (χ4n) is 3.67. The fourth-order valence-corrected chi connectivity index (χ4v) is 5.34. The Hall–Kier alpha value is -2.12. The van der Waals surface area contributed by atoms with Crippen LogP contribution in [0.2, 0.25) is 0 Å². The Morgan fingerprint density at radius 1 is 1.17 bits per heavy atom. The van der Waals surface area contributed by atoms with Gasteiger partial charge in [-0.05, 0) is 54.8 Å². The second-order valence-electron chi connectivity index (χ2n) is 7.31. The molecule has 1 spiro atoms. The van der Waals surface area contributed by atoms with Gasteiger partial charge in [0.05, 0.1) is 17.7 Å². The highest BCUT2D eigenvalue weighted by Gasteiger charge is 2.38. The zero-order chi connectivity index (χ0) is 20.1. The molecule has 1 saturated carbocycles. The van der Waals surface area contributed by atoms with Crippen molar-refractivity contribution < 1.29 is 9.53 Å². The largest absolute Gasteiger partial charge is 0.497 e. The molecule has 2 aromatic rings. The van der Waals surface area contributed by atoms with Crippen molar-refractivity contribution in [3.63, 3.8) is 0 Å². The van der Waals surface area contributed by atoms with Crippen LogP contribution < -0.4 is 10.1 Å².